The highest BCUT2D eigenvalue weighted by molar-refractivity contribution is 5.68. The lowest BCUT2D eigenvalue weighted by Crippen LogP contribution is -1.97. The molecule has 0 unspecified atom stereocenters. The Morgan fingerprint density at radius 3 is 2.38 bits per heavy atom. The highest BCUT2D eigenvalue weighted by Gasteiger charge is 2.09. The fourth-order valence-corrected chi connectivity index (χ4v) is 1.92. The van der Waals surface area contributed by atoms with Gasteiger partial charge in [-0.2, -0.15) is 5.10 Å². The predicted octanol–water partition coefficient (Wildman–Crippen LogP) is 2.59. The van der Waals surface area contributed by atoms with E-state index >= 15 is 0 Å². The maximum absolute atomic E-state index is 5.80. The van der Waals surface area contributed by atoms with E-state index in [9.17, 15) is 0 Å². The Kier molecular flexibility index (Phi) is 2.46. The summed E-state index contributed by atoms with van der Waals surface area (Å²) in [7, 11) is 1.86. The molecule has 1 heterocycles. The van der Waals surface area contributed by atoms with Gasteiger partial charge < -0.3 is 5.73 Å². The quantitative estimate of drug-likeness (QED) is 0.794. The van der Waals surface area contributed by atoms with Crippen molar-refractivity contribution >= 4 is 5.82 Å². The minimum atomic E-state index is 0.688. The number of nitrogen functional groups attached to an aromatic ring is 1. The summed E-state index contributed by atoms with van der Waals surface area (Å²) < 4.78 is 1.70. The normalized spacial score (nSPS) is 10.8. The first-order chi connectivity index (χ1) is 7.49. The predicted molar refractivity (Wildman–Crippen MR) is 67.3 cm³/mol. The Balaban J connectivity index is 2.63. The third-order valence-corrected chi connectivity index (χ3v) is 3.00. The van der Waals surface area contributed by atoms with Gasteiger partial charge in [0.15, 0.2) is 0 Å². The maximum Gasteiger partial charge on any atom is 0.121 e. The van der Waals surface area contributed by atoms with Gasteiger partial charge in [0, 0.05) is 18.7 Å². The average molecular weight is 215 g/mol. The molecule has 2 N–H and O–H groups in total. The van der Waals surface area contributed by atoms with Gasteiger partial charge in [0.1, 0.15) is 5.82 Å². The number of rotatable bonds is 1. The highest BCUT2D eigenvalue weighted by atomic mass is 15.3. The van der Waals surface area contributed by atoms with Crippen LogP contribution in [0.15, 0.2) is 18.2 Å². The maximum atomic E-state index is 5.80. The molecule has 0 atom stereocenters. The zero-order valence-corrected chi connectivity index (χ0v) is 10.2. The van der Waals surface area contributed by atoms with Crippen molar-refractivity contribution in [2.45, 2.75) is 20.8 Å². The van der Waals surface area contributed by atoms with Crippen LogP contribution in [0.2, 0.25) is 0 Å². The average Bonchev–Trinajstić information content (AvgIpc) is 2.53. The van der Waals surface area contributed by atoms with E-state index in [1.807, 2.05) is 13.1 Å². The summed E-state index contributed by atoms with van der Waals surface area (Å²) in [5.74, 6) is 0.688. The van der Waals surface area contributed by atoms with Crippen molar-refractivity contribution in [2.24, 2.45) is 7.05 Å². The Morgan fingerprint density at radius 2 is 1.81 bits per heavy atom. The molecule has 0 aliphatic carbocycles. The minimum absolute atomic E-state index is 0.688. The first kappa shape index (κ1) is 10.7. The number of nitrogens with zero attached hydrogens (tertiary/aromatic N) is 2. The number of hydrogen-bond donors (Lipinski definition) is 1. The number of aromatic nitrogens is 2. The van der Waals surface area contributed by atoms with E-state index in [4.69, 9.17) is 5.73 Å². The van der Waals surface area contributed by atoms with Gasteiger partial charge in [-0.15, -0.1) is 0 Å². The molecule has 0 saturated carbocycles. The topological polar surface area (TPSA) is 43.8 Å². The van der Waals surface area contributed by atoms with Crippen LogP contribution in [-0.4, -0.2) is 9.78 Å². The summed E-state index contributed by atoms with van der Waals surface area (Å²) in [6.07, 6.45) is 0. The Morgan fingerprint density at radius 1 is 1.12 bits per heavy atom. The molecular weight excluding hydrogens is 198 g/mol. The SMILES string of the molecule is Cc1cc(C)c(C)c(-c2cc(N)n(C)n2)c1. The zero-order valence-electron chi connectivity index (χ0n) is 10.2. The second kappa shape index (κ2) is 3.67. The van der Waals surface area contributed by atoms with Gasteiger partial charge in [-0.3, -0.25) is 4.68 Å². The Bertz CT molecular complexity index is 519. The monoisotopic (exact) mass is 215 g/mol. The third kappa shape index (κ3) is 1.69. The van der Waals surface area contributed by atoms with E-state index in [-0.39, 0.29) is 0 Å². The molecule has 0 amide bonds. The second-order valence-electron chi connectivity index (χ2n) is 4.33. The van der Waals surface area contributed by atoms with Crippen LogP contribution in [0.25, 0.3) is 11.3 Å². The van der Waals surface area contributed by atoms with Gasteiger partial charge in [-0.1, -0.05) is 11.6 Å². The number of hydrogen-bond acceptors (Lipinski definition) is 2. The van der Waals surface area contributed by atoms with E-state index in [1.165, 1.54) is 22.3 Å². The molecule has 0 saturated heterocycles. The summed E-state index contributed by atoms with van der Waals surface area (Å²) in [5.41, 5.74) is 11.7. The van der Waals surface area contributed by atoms with Crippen LogP contribution in [0.5, 0.6) is 0 Å². The third-order valence-electron chi connectivity index (χ3n) is 3.00. The van der Waals surface area contributed by atoms with Crippen LogP contribution in [-0.2, 0) is 7.05 Å². The van der Waals surface area contributed by atoms with Crippen LogP contribution in [0.3, 0.4) is 0 Å². The van der Waals surface area contributed by atoms with Crippen molar-refractivity contribution in [3.63, 3.8) is 0 Å². The lowest BCUT2D eigenvalue weighted by atomic mass is 9.98. The van der Waals surface area contributed by atoms with Crippen molar-refractivity contribution in [3.8, 4) is 11.3 Å². The number of aryl methyl sites for hydroxylation is 3. The van der Waals surface area contributed by atoms with Gasteiger partial charge in [0.25, 0.3) is 0 Å². The van der Waals surface area contributed by atoms with Crippen molar-refractivity contribution in [1.82, 2.24) is 9.78 Å². The lowest BCUT2D eigenvalue weighted by Gasteiger charge is -2.07. The van der Waals surface area contributed by atoms with E-state index < -0.39 is 0 Å². The fourth-order valence-electron chi connectivity index (χ4n) is 1.92. The van der Waals surface area contributed by atoms with Crippen molar-refractivity contribution in [1.29, 1.82) is 0 Å². The Labute approximate surface area is 95.9 Å². The second-order valence-corrected chi connectivity index (χ2v) is 4.33. The largest absolute Gasteiger partial charge is 0.384 e. The van der Waals surface area contributed by atoms with Crippen molar-refractivity contribution in [2.75, 3.05) is 5.73 Å². The molecule has 2 rings (SSSR count). The summed E-state index contributed by atoms with van der Waals surface area (Å²) in [5, 5.41) is 4.42. The molecule has 0 radical (unpaired) electrons. The van der Waals surface area contributed by atoms with E-state index in [0.29, 0.717) is 5.82 Å². The fraction of sp³-hybridized carbons (Fsp3) is 0.308. The van der Waals surface area contributed by atoms with E-state index in [0.717, 1.165) is 5.69 Å². The Hall–Kier alpha value is -1.77. The molecule has 84 valence electrons. The van der Waals surface area contributed by atoms with Crippen LogP contribution in [0.1, 0.15) is 16.7 Å². The van der Waals surface area contributed by atoms with Crippen molar-refractivity contribution in [3.05, 3.63) is 34.9 Å². The molecule has 2 aromatic rings. The number of nitrogens with two attached hydrogens (primary N) is 1. The molecule has 0 aliphatic heterocycles. The molecule has 1 aromatic heterocycles. The summed E-state index contributed by atoms with van der Waals surface area (Å²) >= 11 is 0. The van der Waals surface area contributed by atoms with E-state index in [1.54, 1.807) is 4.68 Å². The number of benzene rings is 1. The first-order valence-corrected chi connectivity index (χ1v) is 5.37. The van der Waals surface area contributed by atoms with Crippen molar-refractivity contribution < 1.29 is 0 Å². The molecule has 0 aliphatic rings. The van der Waals surface area contributed by atoms with Gasteiger partial charge in [-0.05, 0) is 38.0 Å². The molecule has 0 fully saturated rings. The highest BCUT2D eigenvalue weighted by Crippen LogP contribution is 2.27. The van der Waals surface area contributed by atoms with Crippen LogP contribution in [0.4, 0.5) is 5.82 Å². The van der Waals surface area contributed by atoms with E-state index in [2.05, 4.69) is 38.0 Å². The van der Waals surface area contributed by atoms with Crippen LogP contribution < -0.4 is 5.73 Å². The lowest BCUT2D eigenvalue weighted by molar-refractivity contribution is 0.782. The molecule has 1 aromatic carbocycles. The van der Waals surface area contributed by atoms with Gasteiger partial charge in [-0.25, -0.2) is 0 Å². The minimum Gasteiger partial charge on any atom is -0.384 e. The molecule has 0 spiro atoms. The molecular formula is C13H17N3. The first-order valence-electron chi connectivity index (χ1n) is 5.37. The molecule has 16 heavy (non-hydrogen) atoms. The zero-order chi connectivity index (χ0) is 11.9. The van der Waals surface area contributed by atoms with Gasteiger partial charge in [0.05, 0.1) is 5.69 Å². The van der Waals surface area contributed by atoms with Crippen LogP contribution in [0, 0.1) is 20.8 Å². The summed E-state index contributed by atoms with van der Waals surface area (Å²) in [6, 6.07) is 6.26. The standard InChI is InChI=1S/C13H17N3/c1-8-5-9(2)10(3)11(6-8)12-7-13(14)16(4)15-12/h5-7H,14H2,1-4H3. The molecule has 3 heteroatoms. The number of anilines is 1. The smallest absolute Gasteiger partial charge is 0.121 e. The van der Waals surface area contributed by atoms with Gasteiger partial charge >= 0.3 is 0 Å². The summed E-state index contributed by atoms with van der Waals surface area (Å²) in [6.45, 7) is 6.34. The van der Waals surface area contributed by atoms with Gasteiger partial charge in [0.2, 0.25) is 0 Å². The summed E-state index contributed by atoms with van der Waals surface area (Å²) in [4.78, 5) is 0. The molecule has 3 nitrogen and oxygen atoms in total. The molecule has 0 bridgehead atoms. The van der Waals surface area contributed by atoms with Crippen LogP contribution >= 0.6 is 0 Å².